The number of piperidine rings is 1. The molecule has 0 aliphatic carbocycles. The minimum atomic E-state index is -0.0883. The first-order valence-electron chi connectivity index (χ1n) is 9.52. The zero-order valence-corrected chi connectivity index (χ0v) is 16.3. The molecule has 1 fully saturated rings. The van der Waals surface area contributed by atoms with Crippen molar-refractivity contribution in [1.82, 2.24) is 20.4 Å². The second kappa shape index (κ2) is 9.34. The van der Waals surface area contributed by atoms with E-state index in [0.29, 0.717) is 50.5 Å². The molecule has 150 valence electrons. The number of hydrogen-bond acceptors (Lipinski definition) is 6. The minimum absolute atomic E-state index is 0.0267. The van der Waals surface area contributed by atoms with E-state index in [-0.39, 0.29) is 24.3 Å². The maximum absolute atomic E-state index is 12.5. The van der Waals surface area contributed by atoms with Gasteiger partial charge in [-0.3, -0.25) is 9.59 Å². The Morgan fingerprint density at radius 2 is 1.96 bits per heavy atom. The average molecular weight is 386 g/mol. The molecule has 0 saturated carbocycles. The summed E-state index contributed by atoms with van der Waals surface area (Å²) in [6.45, 7) is 3.19. The number of ether oxygens (including phenoxy) is 1. The molecule has 1 aliphatic rings. The Hall–Kier alpha value is -2.90. The van der Waals surface area contributed by atoms with E-state index in [1.54, 1.807) is 14.0 Å². The Bertz CT molecular complexity index is 795. The van der Waals surface area contributed by atoms with E-state index in [2.05, 4.69) is 15.5 Å². The van der Waals surface area contributed by atoms with Crippen molar-refractivity contribution >= 4 is 11.8 Å². The van der Waals surface area contributed by atoms with E-state index in [9.17, 15) is 9.59 Å². The second-order valence-corrected chi connectivity index (χ2v) is 6.96. The van der Waals surface area contributed by atoms with Crippen LogP contribution in [0.15, 0.2) is 28.8 Å². The molecule has 8 nitrogen and oxygen atoms in total. The van der Waals surface area contributed by atoms with Gasteiger partial charge in [0.15, 0.2) is 5.82 Å². The Kier molecular flexibility index (Phi) is 6.62. The van der Waals surface area contributed by atoms with Gasteiger partial charge in [-0.1, -0.05) is 17.3 Å². The van der Waals surface area contributed by atoms with Gasteiger partial charge in [-0.2, -0.15) is 4.98 Å². The molecule has 3 rings (SSSR count). The summed E-state index contributed by atoms with van der Waals surface area (Å²) in [5.41, 5.74) is 1.11. The number of likely N-dealkylation sites (tertiary alicyclic amines) is 1. The molecule has 1 aromatic heterocycles. The van der Waals surface area contributed by atoms with Crippen molar-refractivity contribution in [3.05, 3.63) is 41.5 Å². The van der Waals surface area contributed by atoms with Gasteiger partial charge < -0.3 is 19.5 Å². The molecule has 8 heteroatoms. The highest BCUT2D eigenvalue weighted by Crippen LogP contribution is 2.19. The van der Waals surface area contributed by atoms with Crippen LogP contribution in [0.1, 0.15) is 36.5 Å². The summed E-state index contributed by atoms with van der Waals surface area (Å²) in [7, 11) is 1.63. The SMILES string of the molecule is COc1ccc(CCC(=O)N2CCC(C(=O)NCc3nc(C)no3)CC2)cc1. The van der Waals surface area contributed by atoms with Crippen LogP contribution < -0.4 is 10.1 Å². The first-order valence-corrected chi connectivity index (χ1v) is 9.52. The van der Waals surface area contributed by atoms with Crippen molar-refractivity contribution in [2.75, 3.05) is 20.2 Å². The van der Waals surface area contributed by atoms with E-state index >= 15 is 0 Å². The van der Waals surface area contributed by atoms with Crippen molar-refractivity contribution in [2.45, 2.75) is 39.2 Å². The number of hydrogen-bond donors (Lipinski definition) is 1. The summed E-state index contributed by atoms with van der Waals surface area (Å²) in [5.74, 6) is 1.78. The zero-order chi connectivity index (χ0) is 19.9. The molecule has 1 saturated heterocycles. The van der Waals surface area contributed by atoms with Crippen molar-refractivity contribution < 1.29 is 18.8 Å². The van der Waals surface area contributed by atoms with Gasteiger partial charge >= 0.3 is 0 Å². The Labute approximate surface area is 164 Å². The first-order chi connectivity index (χ1) is 13.5. The molecule has 0 radical (unpaired) electrons. The van der Waals surface area contributed by atoms with Gasteiger partial charge in [0.2, 0.25) is 17.7 Å². The summed E-state index contributed by atoms with van der Waals surface area (Å²) in [6.07, 6.45) is 2.51. The van der Waals surface area contributed by atoms with Gasteiger partial charge in [0, 0.05) is 25.4 Å². The van der Waals surface area contributed by atoms with Crippen LogP contribution in [0.25, 0.3) is 0 Å². The van der Waals surface area contributed by atoms with Gasteiger partial charge in [-0.15, -0.1) is 0 Å². The fourth-order valence-electron chi connectivity index (χ4n) is 3.31. The maximum Gasteiger partial charge on any atom is 0.246 e. The zero-order valence-electron chi connectivity index (χ0n) is 16.3. The fraction of sp³-hybridized carbons (Fsp3) is 0.500. The quantitative estimate of drug-likeness (QED) is 0.780. The van der Waals surface area contributed by atoms with Crippen LogP contribution in [0.3, 0.4) is 0 Å². The lowest BCUT2D eigenvalue weighted by atomic mass is 9.95. The number of benzene rings is 1. The van der Waals surface area contributed by atoms with E-state index in [1.807, 2.05) is 29.2 Å². The van der Waals surface area contributed by atoms with Crippen molar-refractivity contribution in [3.8, 4) is 5.75 Å². The number of carbonyl (C=O) groups is 2. The normalized spacial score (nSPS) is 14.7. The topological polar surface area (TPSA) is 97.6 Å². The molecule has 0 spiro atoms. The van der Waals surface area contributed by atoms with Crippen LogP contribution in [0.5, 0.6) is 5.75 Å². The van der Waals surface area contributed by atoms with E-state index in [1.165, 1.54) is 0 Å². The molecule has 2 aromatic rings. The van der Waals surface area contributed by atoms with E-state index in [0.717, 1.165) is 11.3 Å². The monoisotopic (exact) mass is 386 g/mol. The third-order valence-corrected chi connectivity index (χ3v) is 4.99. The first kappa shape index (κ1) is 19.9. The van der Waals surface area contributed by atoms with Crippen LogP contribution in [-0.4, -0.2) is 47.1 Å². The van der Waals surface area contributed by atoms with E-state index < -0.39 is 0 Å². The van der Waals surface area contributed by atoms with Crippen LogP contribution in [0.2, 0.25) is 0 Å². The minimum Gasteiger partial charge on any atom is -0.497 e. The lowest BCUT2D eigenvalue weighted by Crippen LogP contribution is -2.43. The highest BCUT2D eigenvalue weighted by atomic mass is 16.5. The number of aromatic nitrogens is 2. The van der Waals surface area contributed by atoms with Crippen molar-refractivity contribution in [3.63, 3.8) is 0 Å². The average Bonchev–Trinajstić information content (AvgIpc) is 3.16. The smallest absolute Gasteiger partial charge is 0.246 e. The van der Waals surface area contributed by atoms with Gasteiger partial charge in [0.05, 0.1) is 13.7 Å². The Morgan fingerprint density at radius 1 is 1.25 bits per heavy atom. The largest absolute Gasteiger partial charge is 0.497 e. The molecule has 1 N–H and O–H groups in total. The van der Waals surface area contributed by atoms with Crippen LogP contribution >= 0.6 is 0 Å². The third kappa shape index (κ3) is 5.31. The molecular weight excluding hydrogens is 360 g/mol. The molecule has 0 atom stereocenters. The summed E-state index contributed by atoms with van der Waals surface area (Å²) < 4.78 is 10.1. The molecule has 1 aliphatic heterocycles. The fourth-order valence-corrected chi connectivity index (χ4v) is 3.31. The number of nitrogens with zero attached hydrogens (tertiary/aromatic N) is 3. The van der Waals surface area contributed by atoms with Gasteiger partial charge in [0.25, 0.3) is 0 Å². The molecule has 1 aromatic carbocycles. The predicted molar refractivity (Wildman–Crippen MR) is 102 cm³/mol. The van der Waals surface area contributed by atoms with Crippen LogP contribution in [-0.2, 0) is 22.6 Å². The summed E-state index contributed by atoms with van der Waals surface area (Å²) in [4.78, 5) is 30.7. The van der Waals surface area contributed by atoms with Gasteiger partial charge in [-0.25, -0.2) is 0 Å². The standard InChI is InChI=1S/C20H26N4O4/c1-14-22-18(28-23-14)13-21-20(26)16-9-11-24(12-10-16)19(25)8-5-15-3-6-17(27-2)7-4-15/h3-4,6-7,16H,5,8-13H2,1-2H3,(H,21,26). The third-order valence-electron chi connectivity index (χ3n) is 4.99. The number of methoxy groups -OCH3 is 1. The second-order valence-electron chi connectivity index (χ2n) is 6.96. The van der Waals surface area contributed by atoms with Crippen LogP contribution in [0, 0.1) is 12.8 Å². The number of amides is 2. The predicted octanol–water partition coefficient (Wildman–Crippen LogP) is 1.87. The van der Waals surface area contributed by atoms with E-state index in [4.69, 9.17) is 9.26 Å². The van der Waals surface area contributed by atoms with Gasteiger partial charge in [0.1, 0.15) is 5.75 Å². The van der Waals surface area contributed by atoms with Gasteiger partial charge in [-0.05, 0) is 43.9 Å². The lowest BCUT2D eigenvalue weighted by molar-refractivity contribution is -0.135. The number of aryl methyl sites for hydroxylation is 2. The van der Waals surface area contributed by atoms with Crippen molar-refractivity contribution in [2.24, 2.45) is 5.92 Å². The molecular formula is C20H26N4O4. The molecule has 2 amide bonds. The Balaban J connectivity index is 1.38. The molecule has 0 unspecified atom stereocenters. The summed E-state index contributed by atoms with van der Waals surface area (Å²) >= 11 is 0. The molecule has 28 heavy (non-hydrogen) atoms. The van der Waals surface area contributed by atoms with Crippen LogP contribution in [0.4, 0.5) is 0 Å². The Morgan fingerprint density at radius 3 is 2.57 bits per heavy atom. The highest BCUT2D eigenvalue weighted by Gasteiger charge is 2.27. The number of rotatable bonds is 7. The maximum atomic E-state index is 12.5. The lowest BCUT2D eigenvalue weighted by Gasteiger charge is -2.31. The summed E-state index contributed by atoms with van der Waals surface area (Å²) in [6, 6.07) is 7.76. The molecule has 2 heterocycles. The highest BCUT2D eigenvalue weighted by molar-refractivity contribution is 5.80. The number of nitrogens with one attached hydrogen (secondary N) is 1. The van der Waals surface area contributed by atoms with Crippen molar-refractivity contribution in [1.29, 1.82) is 0 Å². The summed E-state index contributed by atoms with van der Waals surface area (Å²) in [5, 5.41) is 6.53. The molecule has 0 bridgehead atoms. The number of carbonyl (C=O) groups excluding carboxylic acids is 2.